The van der Waals surface area contributed by atoms with Gasteiger partial charge in [-0.15, -0.1) is 0 Å². The van der Waals surface area contributed by atoms with E-state index in [4.69, 9.17) is 0 Å². The first-order chi connectivity index (χ1) is 5.24. The highest BCUT2D eigenvalue weighted by Gasteiger charge is 2.05. The van der Waals surface area contributed by atoms with Gasteiger partial charge in [0, 0.05) is 12.3 Å². The predicted octanol–water partition coefficient (Wildman–Crippen LogP) is 1.15. The molecule has 11 heavy (non-hydrogen) atoms. The maximum Gasteiger partial charge on any atom is 0.432 e. The van der Waals surface area contributed by atoms with Gasteiger partial charge in [-0.25, -0.2) is 4.58 Å². The molecule has 0 aromatic carbocycles. The zero-order valence-electron chi connectivity index (χ0n) is 6.91. The highest BCUT2D eigenvalue weighted by atomic mass is 15.1. The molecule has 0 saturated heterocycles. The lowest BCUT2D eigenvalue weighted by Crippen LogP contribution is -2.04. The van der Waals surface area contributed by atoms with Crippen molar-refractivity contribution in [2.75, 3.05) is 6.54 Å². The van der Waals surface area contributed by atoms with Gasteiger partial charge in [-0.3, -0.25) is 0 Å². The van der Waals surface area contributed by atoms with Gasteiger partial charge in [-0.1, -0.05) is 9.97 Å². The number of hydrogen-bond donors (Lipinski definition) is 0. The van der Waals surface area contributed by atoms with E-state index in [0.29, 0.717) is 5.95 Å². The first-order valence-electron chi connectivity index (χ1n) is 3.60. The van der Waals surface area contributed by atoms with Crippen molar-refractivity contribution in [2.24, 2.45) is 0 Å². The van der Waals surface area contributed by atoms with E-state index < -0.39 is 0 Å². The Kier molecular flexibility index (Phi) is 2.31. The summed E-state index contributed by atoms with van der Waals surface area (Å²) in [5.74, 6) is 0.679. The van der Waals surface area contributed by atoms with Gasteiger partial charge in [0.2, 0.25) is 0 Å². The fraction of sp³-hybridized carbons (Fsp3) is 0.375. The third-order valence-corrected chi connectivity index (χ3v) is 1.43. The van der Waals surface area contributed by atoms with E-state index in [1.165, 1.54) is 0 Å². The Labute approximate surface area is 66.4 Å². The summed E-state index contributed by atoms with van der Waals surface area (Å²) < 4.78 is 1.75. The molecule has 0 bridgehead atoms. The molecule has 1 aromatic heterocycles. The first-order valence-corrected chi connectivity index (χ1v) is 3.60. The van der Waals surface area contributed by atoms with E-state index in [-0.39, 0.29) is 0 Å². The Bertz CT molecular complexity index is 251. The summed E-state index contributed by atoms with van der Waals surface area (Å²) in [6, 6.07) is 0. The van der Waals surface area contributed by atoms with Crippen molar-refractivity contribution in [2.45, 2.75) is 13.8 Å². The number of aryl methyl sites for hydroxylation is 1. The van der Waals surface area contributed by atoms with E-state index in [9.17, 15) is 0 Å². The fourth-order valence-electron chi connectivity index (χ4n) is 0.690. The van der Waals surface area contributed by atoms with Crippen LogP contribution < -0.4 is 0 Å². The molecule has 0 radical (unpaired) electrons. The van der Waals surface area contributed by atoms with E-state index in [0.717, 1.165) is 12.1 Å². The van der Waals surface area contributed by atoms with Crippen LogP contribution in [0.4, 0.5) is 5.95 Å². The zero-order chi connectivity index (χ0) is 8.27. The molecule has 1 heterocycles. The van der Waals surface area contributed by atoms with Crippen molar-refractivity contribution in [3.63, 3.8) is 0 Å². The van der Waals surface area contributed by atoms with Gasteiger partial charge in [-0.05, 0) is 13.8 Å². The number of rotatable bonds is 2. The van der Waals surface area contributed by atoms with Crippen LogP contribution in [0.5, 0.6) is 0 Å². The summed E-state index contributed by atoms with van der Waals surface area (Å²) in [6.45, 7) is 8.56. The van der Waals surface area contributed by atoms with Gasteiger partial charge < -0.3 is 0 Å². The molecule has 0 aliphatic rings. The van der Waals surface area contributed by atoms with Crippen molar-refractivity contribution in [1.29, 1.82) is 0 Å². The van der Waals surface area contributed by atoms with E-state index in [2.05, 4.69) is 16.7 Å². The Hall–Kier alpha value is -1.25. The first kappa shape index (κ1) is 7.85. The fourth-order valence-corrected chi connectivity index (χ4v) is 0.690. The van der Waals surface area contributed by atoms with Crippen molar-refractivity contribution >= 4 is 12.7 Å². The van der Waals surface area contributed by atoms with Gasteiger partial charge in [-0.2, -0.15) is 0 Å². The van der Waals surface area contributed by atoms with Crippen molar-refractivity contribution in [3.05, 3.63) is 18.0 Å². The molecule has 3 heteroatoms. The van der Waals surface area contributed by atoms with Crippen LogP contribution in [0.1, 0.15) is 12.5 Å². The van der Waals surface area contributed by atoms with E-state index in [1.54, 1.807) is 17.0 Å². The lowest BCUT2D eigenvalue weighted by atomic mass is 10.4. The minimum Gasteiger partial charge on any atom is -0.239 e. The smallest absolute Gasteiger partial charge is 0.239 e. The van der Waals surface area contributed by atoms with Crippen LogP contribution in [0, 0.1) is 6.92 Å². The molecule has 3 nitrogen and oxygen atoms in total. The molecule has 0 unspecified atom stereocenters. The Morgan fingerprint density at radius 3 is 2.45 bits per heavy atom. The number of hydrogen-bond acceptors (Lipinski definition) is 2. The van der Waals surface area contributed by atoms with Gasteiger partial charge in [0.1, 0.15) is 12.4 Å². The largest absolute Gasteiger partial charge is 0.432 e. The SMILES string of the molecule is C=[N+](CC)c1ncc(C)cn1. The summed E-state index contributed by atoms with van der Waals surface area (Å²) in [5.41, 5.74) is 1.07. The molecule has 0 N–H and O–H groups in total. The molecule has 1 rings (SSSR count). The van der Waals surface area contributed by atoms with Gasteiger partial charge in [0.15, 0.2) is 0 Å². The van der Waals surface area contributed by atoms with Crippen molar-refractivity contribution in [1.82, 2.24) is 9.97 Å². The maximum atomic E-state index is 4.10. The minimum atomic E-state index is 0.679. The average Bonchev–Trinajstić information content (AvgIpc) is 2.05. The summed E-state index contributed by atoms with van der Waals surface area (Å²) in [4.78, 5) is 8.20. The standard InChI is InChI=1S/C8H12N3/c1-4-11(3)8-9-5-7(2)6-10-8/h5-6H,3-4H2,1-2H3/q+1. The molecule has 1 aromatic rings. The summed E-state index contributed by atoms with van der Waals surface area (Å²) in [5, 5.41) is 0. The van der Waals surface area contributed by atoms with Gasteiger partial charge in [0.05, 0.1) is 6.54 Å². The second-order valence-corrected chi connectivity index (χ2v) is 2.42. The highest BCUT2D eigenvalue weighted by Crippen LogP contribution is 2.00. The summed E-state index contributed by atoms with van der Waals surface area (Å²) >= 11 is 0. The molecule has 0 amide bonds. The monoisotopic (exact) mass is 150 g/mol. The number of aromatic nitrogens is 2. The van der Waals surface area contributed by atoms with Gasteiger partial charge >= 0.3 is 5.95 Å². The molecule has 0 atom stereocenters. The molecule has 0 aliphatic carbocycles. The van der Waals surface area contributed by atoms with Crippen LogP contribution >= 0.6 is 0 Å². The third-order valence-electron chi connectivity index (χ3n) is 1.43. The summed E-state index contributed by atoms with van der Waals surface area (Å²) in [7, 11) is 0. The average molecular weight is 150 g/mol. The predicted molar refractivity (Wildman–Crippen MR) is 44.4 cm³/mol. The van der Waals surface area contributed by atoms with Crippen LogP contribution in [0.25, 0.3) is 0 Å². The van der Waals surface area contributed by atoms with Crippen LogP contribution in [-0.4, -0.2) is 27.8 Å². The Morgan fingerprint density at radius 2 is 2.00 bits per heavy atom. The molecule has 0 spiro atoms. The molecule has 0 aliphatic heterocycles. The lowest BCUT2D eigenvalue weighted by molar-refractivity contribution is -0.435. The molecule has 0 fully saturated rings. The van der Waals surface area contributed by atoms with E-state index >= 15 is 0 Å². The van der Waals surface area contributed by atoms with E-state index in [1.807, 2.05) is 13.8 Å². The normalized spacial score (nSPS) is 9.64. The third kappa shape index (κ3) is 1.83. The summed E-state index contributed by atoms with van der Waals surface area (Å²) in [6.07, 6.45) is 3.58. The second-order valence-electron chi connectivity index (χ2n) is 2.42. The number of nitrogens with zero attached hydrogens (tertiary/aromatic N) is 3. The van der Waals surface area contributed by atoms with Gasteiger partial charge in [0.25, 0.3) is 0 Å². The molecule has 0 saturated carbocycles. The van der Waals surface area contributed by atoms with Crippen molar-refractivity contribution < 1.29 is 4.58 Å². The van der Waals surface area contributed by atoms with Crippen molar-refractivity contribution in [3.8, 4) is 0 Å². The lowest BCUT2D eigenvalue weighted by Gasteiger charge is -1.93. The van der Waals surface area contributed by atoms with Crippen LogP contribution in [0.3, 0.4) is 0 Å². The molecule has 58 valence electrons. The minimum absolute atomic E-state index is 0.679. The zero-order valence-corrected chi connectivity index (χ0v) is 6.91. The topological polar surface area (TPSA) is 28.8 Å². The molecular weight excluding hydrogens is 138 g/mol. The maximum absolute atomic E-state index is 4.10. The van der Waals surface area contributed by atoms with Crippen LogP contribution in [0.15, 0.2) is 12.4 Å². The molecular formula is C8H12N3+. The van der Waals surface area contributed by atoms with Crippen LogP contribution in [0.2, 0.25) is 0 Å². The quantitative estimate of drug-likeness (QED) is 0.467. The second kappa shape index (κ2) is 3.23. The Balaban J connectivity index is 2.90. The highest BCUT2D eigenvalue weighted by molar-refractivity contribution is 5.20. The van der Waals surface area contributed by atoms with Crippen LogP contribution in [-0.2, 0) is 0 Å². The Morgan fingerprint density at radius 1 is 1.45 bits per heavy atom.